The quantitative estimate of drug-likeness (QED) is 0.646. The molecular formula is C8H8ClNO. The molecule has 1 aromatic rings. The van der Waals surface area contributed by atoms with Gasteiger partial charge in [-0.15, -0.1) is 0 Å². The standard InChI is InChI=1S/C8H8ClNO/c9-8(11)4-3-7-2-1-5-10-6-7/h1-2,5-6H,3-4H2. The van der Waals surface area contributed by atoms with Crippen molar-refractivity contribution in [2.75, 3.05) is 0 Å². The lowest BCUT2D eigenvalue weighted by Crippen LogP contribution is -1.91. The molecule has 3 heteroatoms. The van der Waals surface area contributed by atoms with E-state index in [9.17, 15) is 4.79 Å². The normalized spacial score (nSPS) is 9.55. The molecule has 1 aromatic heterocycles. The molecule has 0 amide bonds. The van der Waals surface area contributed by atoms with E-state index < -0.39 is 0 Å². The summed E-state index contributed by atoms with van der Waals surface area (Å²) in [6, 6.07) is 3.76. The van der Waals surface area contributed by atoms with Gasteiger partial charge in [0.25, 0.3) is 0 Å². The number of pyridine rings is 1. The molecule has 0 aliphatic rings. The van der Waals surface area contributed by atoms with Crippen molar-refractivity contribution >= 4 is 16.8 Å². The SMILES string of the molecule is O=C(Cl)CCc1cccnc1. The summed E-state index contributed by atoms with van der Waals surface area (Å²) in [6.07, 6.45) is 4.50. The lowest BCUT2D eigenvalue weighted by molar-refractivity contribution is -0.111. The van der Waals surface area contributed by atoms with Crippen LogP contribution < -0.4 is 0 Å². The summed E-state index contributed by atoms with van der Waals surface area (Å²) >= 11 is 5.17. The van der Waals surface area contributed by atoms with Crippen molar-refractivity contribution in [3.8, 4) is 0 Å². The predicted molar refractivity (Wildman–Crippen MR) is 43.4 cm³/mol. The Labute approximate surface area is 70.2 Å². The number of aromatic nitrogens is 1. The number of nitrogens with zero attached hydrogens (tertiary/aromatic N) is 1. The Kier molecular flexibility index (Phi) is 3.05. The van der Waals surface area contributed by atoms with Gasteiger partial charge in [-0.2, -0.15) is 0 Å². The monoisotopic (exact) mass is 169 g/mol. The van der Waals surface area contributed by atoms with E-state index in [1.54, 1.807) is 12.4 Å². The third kappa shape index (κ3) is 3.14. The molecule has 2 nitrogen and oxygen atoms in total. The fourth-order valence-electron chi connectivity index (χ4n) is 0.789. The van der Waals surface area contributed by atoms with Crippen molar-refractivity contribution in [2.45, 2.75) is 12.8 Å². The molecule has 0 bridgehead atoms. The van der Waals surface area contributed by atoms with Gasteiger partial charge in [-0.3, -0.25) is 9.78 Å². The van der Waals surface area contributed by atoms with E-state index in [0.717, 1.165) is 5.56 Å². The number of rotatable bonds is 3. The van der Waals surface area contributed by atoms with E-state index in [2.05, 4.69) is 4.98 Å². The van der Waals surface area contributed by atoms with Crippen molar-refractivity contribution in [2.24, 2.45) is 0 Å². The average molecular weight is 170 g/mol. The summed E-state index contributed by atoms with van der Waals surface area (Å²) in [5.74, 6) is 0. The second kappa shape index (κ2) is 4.09. The Balaban J connectivity index is 2.45. The molecule has 0 aromatic carbocycles. The Morgan fingerprint density at radius 2 is 2.45 bits per heavy atom. The van der Waals surface area contributed by atoms with E-state index in [1.165, 1.54) is 0 Å². The number of carbonyl (C=O) groups is 1. The molecule has 0 radical (unpaired) electrons. The first-order chi connectivity index (χ1) is 5.29. The van der Waals surface area contributed by atoms with Crippen molar-refractivity contribution in [1.82, 2.24) is 4.98 Å². The van der Waals surface area contributed by atoms with Gasteiger partial charge in [-0.25, -0.2) is 0 Å². The Morgan fingerprint density at radius 3 is 3.00 bits per heavy atom. The molecule has 0 saturated heterocycles. The Morgan fingerprint density at radius 1 is 1.64 bits per heavy atom. The van der Waals surface area contributed by atoms with Crippen molar-refractivity contribution < 1.29 is 4.79 Å². The van der Waals surface area contributed by atoms with Crippen LogP contribution in [0.5, 0.6) is 0 Å². The number of halogens is 1. The second-order valence-electron chi connectivity index (χ2n) is 2.22. The van der Waals surface area contributed by atoms with Crippen LogP contribution in [-0.4, -0.2) is 10.2 Å². The van der Waals surface area contributed by atoms with Gasteiger partial charge in [-0.05, 0) is 29.7 Å². The molecule has 0 aliphatic heterocycles. The minimum Gasteiger partial charge on any atom is -0.281 e. The maximum absolute atomic E-state index is 10.4. The van der Waals surface area contributed by atoms with E-state index >= 15 is 0 Å². The first-order valence-corrected chi connectivity index (χ1v) is 3.74. The Hall–Kier alpha value is -0.890. The van der Waals surface area contributed by atoms with Crippen molar-refractivity contribution in [3.63, 3.8) is 0 Å². The van der Waals surface area contributed by atoms with Crippen LogP contribution >= 0.6 is 11.6 Å². The van der Waals surface area contributed by atoms with E-state index in [0.29, 0.717) is 12.8 Å². The number of hydrogen-bond acceptors (Lipinski definition) is 2. The van der Waals surface area contributed by atoms with Gasteiger partial charge in [0.15, 0.2) is 0 Å². The summed E-state index contributed by atoms with van der Waals surface area (Å²) in [5.41, 5.74) is 1.04. The van der Waals surface area contributed by atoms with Crippen LogP contribution in [0.2, 0.25) is 0 Å². The van der Waals surface area contributed by atoms with Crippen LogP contribution in [0, 0.1) is 0 Å². The number of carbonyl (C=O) groups excluding carboxylic acids is 1. The molecule has 0 unspecified atom stereocenters. The highest BCUT2D eigenvalue weighted by Crippen LogP contribution is 2.01. The molecule has 1 rings (SSSR count). The molecule has 0 N–H and O–H groups in total. The average Bonchev–Trinajstić information content (AvgIpc) is 2.03. The smallest absolute Gasteiger partial charge is 0.221 e. The Bertz CT molecular complexity index is 235. The lowest BCUT2D eigenvalue weighted by Gasteiger charge is -1.94. The topological polar surface area (TPSA) is 30.0 Å². The minimum absolute atomic E-state index is 0.297. The third-order valence-corrected chi connectivity index (χ3v) is 1.52. The molecule has 1 heterocycles. The van der Waals surface area contributed by atoms with Crippen LogP contribution in [0.3, 0.4) is 0 Å². The molecule has 0 saturated carbocycles. The zero-order valence-electron chi connectivity index (χ0n) is 5.96. The zero-order chi connectivity index (χ0) is 8.10. The highest BCUT2D eigenvalue weighted by atomic mass is 35.5. The largest absolute Gasteiger partial charge is 0.281 e. The van der Waals surface area contributed by atoms with E-state index in [4.69, 9.17) is 11.6 Å². The van der Waals surface area contributed by atoms with Crippen LogP contribution in [0.4, 0.5) is 0 Å². The van der Waals surface area contributed by atoms with E-state index in [-0.39, 0.29) is 5.24 Å². The molecule has 0 spiro atoms. The summed E-state index contributed by atoms with van der Waals surface area (Å²) in [5, 5.41) is -0.297. The van der Waals surface area contributed by atoms with Gasteiger partial charge in [0.05, 0.1) is 0 Å². The third-order valence-electron chi connectivity index (χ3n) is 1.33. The first kappa shape index (κ1) is 8.21. The number of hydrogen-bond donors (Lipinski definition) is 0. The maximum Gasteiger partial charge on any atom is 0.221 e. The van der Waals surface area contributed by atoms with Gasteiger partial charge in [0.1, 0.15) is 0 Å². The lowest BCUT2D eigenvalue weighted by atomic mass is 10.2. The second-order valence-corrected chi connectivity index (χ2v) is 2.64. The highest BCUT2D eigenvalue weighted by molar-refractivity contribution is 6.63. The summed E-state index contributed by atoms with van der Waals surface area (Å²) < 4.78 is 0. The first-order valence-electron chi connectivity index (χ1n) is 3.36. The highest BCUT2D eigenvalue weighted by Gasteiger charge is 1.96. The van der Waals surface area contributed by atoms with Crippen LogP contribution in [0.1, 0.15) is 12.0 Å². The maximum atomic E-state index is 10.4. The van der Waals surface area contributed by atoms with Crippen LogP contribution in [-0.2, 0) is 11.2 Å². The zero-order valence-corrected chi connectivity index (χ0v) is 6.71. The van der Waals surface area contributed by atoms with Crippen LogP contribution in [0.25, 0.3) is 0 Å². The van der Waals surface area contributed by atoms with Gasteiger partial charge >= 0.3 is 0 Å². The van der Waals surface area contributed by atoms with E-state index in [1.807, 2.05) is 12.1 Å². The van der Waals surface area contributed by atoms with Gasteiger partial charge < -0.3 is 0 Å². The van der Waals surface area contributed by atoms with Crippen molar-refractivity contribution in [1.29, 1.82) is 0 Å². The number of aryl methyl sites for hydroxylation is 1. The van der Waals surface area contributed by atoms with Gasteiger partial charge in [0, 0.05) is 18.8 Å². The summed E-state index contributed by atoms with van der Waals surface area (Å²) in [7, 11) is 0. The molecule has 11 heavy (non-hydrogen) atoms. The van der Waals surface area contributed by atoms with Crippen molar-refractivity contribution in [3.05, 3.63) is 30.1 Å². The van der Waals surface area contributed by atoms with Gasteiger partial charge in [-0.1, -0.05) is 6.07 Å². The molecule has 0 aliphatic carbocycles. The molecule has 0 fully saturated rings. The van der Waals surface area contributed by atoms with Crippen LogP contribution in [0.15, 0.2) is 24.5 Å². The minimum atomic E-state index is -0.297. The summed E-state index contributed by atoms with van der Waals surface area (Å²) in [4.78, 5) is 14.3. The molecule has 58 valence electrons. The predicted octanol–water partition coefficient (Wildman–Crippen LogP) is 1.78. The molecule has 0 atom stereocenters. The fourth-order valence-corrected chi connectivity index (χ4v) is 0.883. The molecular weight excluding hydrogens is 162 g/mol. The fraction of sp³-hybridized carbons (Fsp3) is 0.250. The summed E-state index contributed by atoms with van der Waals surface area (Å²) in [6.45, 7) is 0. The van der Waals surface area contributed by atoms with Gasteiger partial charge in [0.2, 0.25) is 5.24 Å².